The summed E-state index contributed by atoms with van der Waals surface area (Å²) in [7, 11) is 0. The summed E-state index contributed by atoms with van der Waals surface area (Å²) in [6.45, 7) is -2.02. The highest BCUT2D eigenvalue weighted by Crippen LogP contribution is 2.33. The molecule has 1 aliphatic heterocycles. The average Bonchev–Trinajstić information content (AvgIpc) is 2.79. The molecule has 4 nitrogen and oxygen atoms in total. The number of halogens is 3. The zero-order valence-electron chi connectivity index (χ0n) is 11.3. The molecule has 1 heterocycles. The quantitative estimate of drug-likeness (QED) is 0.821. The topological polar surface area (TPSA) is 52.6 Å². The molecule has 1 amide bonds. The average molecular weight is 294 g/mol. The third-order valence-corrected chi connectivity index (χ3v) is 4.21. The zero-order chi connectivity index (χ0) is 14.8. The minimum Gasteiger partial charge on any atom is -0.395 e. The summed E-state index contributed by atoms with van der Waals surface area (Å²) >= 11 is 0. The van der Waals surface area contributed by atoms with Gasteiger partial charge in [-0.2, -0.15) is 13.2 Å². The van der Waals surface area contributed by atoms with Crippen LogP contribution in [0.15, 0.2) is 0 Å². The number of rotatable bonds is 4. The summed E-state index contributed by atoms with van der Waals surface area (Å²) in [5, 5.41) is 12.0. The van der Waals surface area contributed by atoms with Gasteiger partial charge in [-0.3, -0.25) is 4.79 Å². The van der Waals surface area contributed by atoms with Crippen LogP contribution in [0.5, 0.6) is 0 Å². The number of carbonyl (C=O) groups is 1. The predicted molar refractivity (Wildman–Crippen MR) is 67.0 cm³/mol. The molecule has 1 saturated carbocycles. The molecule has 0 spiro atoms. The van der Waals surface area contributed by atoms with E-state index in [0.717, 1.165) is 30.6 Å². The maximum Gasteiger partial charge on any atom is 0.406 e. The Balaban J connectivity index is 1.97. The molecule has 1 aliphatic carbocycles. The summed E-state index contributed by atoms with van der Waals surface area (Å²) < 4.78 is 37.4. The Kier molecular flexibility index (Phi) is 4.90. The Labute approximate surface area is 116 Å². The lowest BCUT2D eigenvalue weighted by molar-refractivity contribution is -0.163. The first kappa shape index (κ1) is 15.6. The minimum atomic E-state index is -4.43. The maximum atomic E-state index is 12.5. The summed E-state index contributed by atoms with van der Waals surface area (Å²) in [6, 6.07) is -0.267. The molecule has 1 saturated heterocycles. The predicted octanol–water partition coefficient (Wildman–Crippen LogP) is 1.29. The maximum absolute atomic E-state index is 12.5. The van der Waals surface area contributed by atoms with Crippen molar-refractivity contribution in [3.8, 4) is 0 Å². The first-order valence-corrected chi connectivity index (χ1v) is 7.13. The second-order valence-corrected chi connectivity index (χ2v) is 5.70. The summed E-state index contributed by atoms with van der Waals surface area (Å²) in [5.41, 5.74) is 0. The zero-order valence-corrected chi connectivity index (χ0v) is 11.3. The number of hydrogen-bond acceptors (Lipinski definition) is 3. The molecule has 2 N–H and O–H groups in total. The van der Waals surface area contributed by atoms with Crippen LogP contribution in [0.2, 0.25) is 0 Å². The van der Waals surface area contributed by atoms with Crippen molar-refractivity contribution in [1.29, 1.82) is 0 Å². The molecule has 7 heteroatoms. The largest absolute Gasteiger partial charge is 0.406 e. The second-order valence-electron chi connectivity index (χ2n) is 5.70. The van der Waals surface area contributed by atoms with Gasteiger partial charge in [0.15, 0.2) is 0 Å². The highest BCUT2D eigenvalue weighted by Gasteiger charge is 2.41. The number of aliphatic hydroxyl groups is 1. The molecule has 2 rings (SSSR count). The lowest BCUT2D eigenvalue weighted by Crippen LogP contribution is -2.49. The first-order valence-electron chi connectivity index (χ1n) is 7.13. The van der Waals surface area contributed by atoms with Gasteiger partial charge < -0.3 is 15.3 Å². The number of fused-ring (bicyclic) bond motifs is 1. The van der Waals surface area contributed by atoms with Crippen molar-refractivity contribution in [2.24, 2.45) is 5.92 Å². The Morgan fingerprint density at radius 1 is 1.30 bits per heavy atom. The van der Waals surface area contributed by atoms with Gasteiger partial charge in [0.1, 0.15) is 6.54 Å². The van der Waals surface area contributed by atoms with E-state index in [1.54, 1.807) is 0 Å². The normalized spacial score (nSPS) is 30.1. The van der Waals surface area contributed by atoms with Crippen LogP contribution in [0.4, 0.5) is 13.2 Å². The van der Waals surface area contributed by atoms with Crippen molar-refractivity contribution in [3.05, 3.63) is 0 Å². The molecule has 0 aromatic heterocycles. The summed E-state index contributed by atoms with van der Waals surface area (Å²) in [6.07, 6.45) is 0.457. The third-order valence-electron chi connectivity index (χ3n) is 4.21. The molecule has 2 fully saturated rings. The van der Waals surface area contributed by atoms with Crippen LogP contribution in [0.1, 0.15) is 32.1 Å². The second kappa shape index (κ2) is 6.30. The van der Waals surface area contributed by atoms with Gasteiger partial charge in [0.2, 0.25) is 5.91 Å². The molecule has 3 atom stereocenters. The van der Waals surface area contributed by atoms with Crippen LogP contribution >= 0.6 is 0 Å². The van der Waals surface area contributed by atoms with E-state index < -0.39 is 31.3 Å². The SMILES string of the molecule is O=C(C1CC2CCCCC2N1)N(CCO)CC(F)(F)F. The van der Waals surface area contributed by atoms with Gasteiger partial charge in [0, 0.05) is 12.6 Å². The van der Waals surface area contributed by atoms with Crippen molar-refractivity contribution in [2.75, 3.05) is 19.7 Å². The van der Waals surface area contributed by atoms with E-state index in [9.17, 15) is 18.0 Å². The van der Waals surface area contributed by atoms with E-state index in [0.29, 0.717) is 12.3 Å². The van der Waals surface area contributed by atoms with Crippen molar-refractivity contribution in [2.45, 2.75) is 50.4 Å². The number of amides is 1. The molecule has 0 radical (unpaired) electrons. The highest BCUT2D eigenvalue weighted by molar-refractivity contribution is 5.82. The lowest BCUT2D eigenvalue weighted by Gasteiger charge is -2.26. The van der Waals surface area contributed by atoms with Crippen LogP contribution in [0.3, 0.4) is 0 Å². The molecule has 20 heavy (non-hydrogen) atoms. The van der Waals surface area contributed by atoms with Gasteiger partial charge in [-0.1, -0.05) is 12.8 Å². The summed E-state index contributed by atoms with van der Waals surface area (Å²) in [5.74, 6) is -0.134. The van der Waals surface area contributed by atoms with Crippen molar-refractivity contribution in [1.82, 2.24) is 10.2 Å². The lowest BCUT2D eigenvalue weighted by atomic mass is 9.85. The Bertz CT molecular complexity index is 335. The number of nitrogens with zero attached hydrogens (tertiary/aromatic N) is 1. The van der Waals surface area contributed by atoms with E-state index in [1.165, 1.54) is 0 Å². The minimum absolute atomic E-state index is 0.263. The molecule has 0 aromatic carbocycles. The van der Waals surface area contributed by atoms with Gasteiger partial charge in [-0.05, 0) is 25.2 Å². The van der Waals surface area contributed by atoms with E-state index in [2.05, 4.69) is 5.32 Å². The Morgan fingerprint density at radius 2 is 2.00 bits per heavy atom. The molecular formula is C13H21F3N2O2. The molecular weight excluding hydrogens is 273 g/mol. The fourth-order valence-corrected chi connectivity index (χ4v) is 3.34. The molecule has 0 bridgehead atoms. The third kappa shape index (κ3) is 3.85. The smallest absolute Gasteiger partial charge is 0.395 e. The van der Waals surface area contributed by atoms with Crippen LogP contribution in [0, 0.1) is 5.92 Å². The van der Waals surface area contributed by atoms with Crippen LogP contribution in [-0.2, 0) is 4.79 Å². The van der Waals surface area contributed by atoms with Gasteiger partial charge in [0.05, 0.1) is 12.6 Å². The van der Waals surface area contributed by atoms with Crippen molar-refractivity contribution < 1.29 is 23.1 Å². The van der Waals surface area contributed by atoms with Crippen molar-refractivity contribution >= 4 is 5.91 Å². The first-order chi connectivity index (χ1) is 9.40. The van der Waals surface area contributed by atoms with Crippen LogP contribution in [0.25, 0.3) is 0 Å². The van der Waals surface area contributed by atoms with Crippen LogP contribution < -0.4 is 5.32 Å². The fraction of sp³-hybridized carbons (Fsp3) is 0.923. The van der Waals surface area contributed by atoms with Gasteiger partial charge in [-0.15, -0.1) is 0 Å². The highest BCUT2D eigenvalue weighted by atomic mass is 19.4. The monoisotopic (exact) mass is 294 g/mol. The molecule has 2 aliphatic rings. The standard InChI is InChI=1S/C13H21F3N2O2/c14-13(15,16)8-18(5-6-19)12(20)11-7-9-3-1-2-4-10(9)17-11/h9-11,17,19H,1-8H2. The fourth-order valence-electron chi connectivity index (χ4n) is 3.34. The van der Waals surface area contributed by atoms with E-state index in [1.807, 2.05) is 0 Å². The molecule has 0 aromatic rings. The molecule has 116 valence electrons. The van der Waals surface area contributed by atoms with Crippen molar-refractivity contribution in [3.63, 3.8) is 0 Å². The summed E-state index contributed by atoms with van der Waals surface area (Å²) in [4.78, 5) is 12.9. The molecule has 3 unspecified atom stereocenters. The number of carbonyl (C=O) groups excluding carboxylic acids is 1. The van der Waals surface area contributed by atoms with Crippen LogP contribution in [-0.4, -0.2) is 53.9 Å². The number of aliphatic hydroxyl groups excluding tert-OH is 1. The van der Waals surface area contributed by atoms with Gasteiger partial charge in [0.25, 0.3) is 0 Å². The van der Waals surface area contributed by atoms with Gasteiger partial charge in [-0.25, -0.2) is 0 Å². The number of nitrogens with one attached hydrogen (secondary N) is 1. The van der Waals surface area contributed by atoms with E-state index >= 15 is 0 Å². The number of hydrogen-bond donors (Lipinski definition) is 2. The number of alkyl halides is 3. The van der Waals surface area contributed by atoms with E-state index in [4.69, 9.17) is 5.11 Å². The van der Waals surface area contributed by atoms with E-state index in [-0.39, 0.29) is 12.6 Å². The van der Waals surface area contributed by atoms with Gasteiger partial charge >= 0.3 is 6.18 Å². The Morgan fingerprint density at radius 3 is 2.60 bits per heavy atom. The Hall–Kier alpha value is -0.820.